The number of sulfonamides is 1. The smallest absolute Gasteiger partial charge is 0.240 e. The van der Waals surface area contributed by atoms with E-state index in [2.05, 4.69) is 4.72 Å². The highest BCUT2D eigenvalue weighted by Crippen LogP contribution is 2.33. The van der Waals surface area contributed by atoms with Crippen LogP contribution in [0.2, 0.25) is 0 Å². The molecule has 0 heterocycles. The predicted octanol–water partition coefficient (Wildman–Crippen LogP) is 1.26. The van der Waals surface area contributed by atoms with E-state index in [1.54, 1.807) is 12.1 Å². The van der Waals surface area contributed by atoms with Crippen LogP contribution >= 0.6 is 0 Å². The summed E-state index contributed by atoms with van der Waals surface area (Å²) >= 11 is 0. The fourth-order valence-corrected chi connectivity index (χ4v) is 3.32. The van der Waals surface area contributed by atoms with Gasteiger partial charge in [-0.25, -0.2) is 13.1 Å². The molecule has 1 aliphatic rings. The summed E-state index contributed by atoms with van der Waals surface area (Å²) in [5, 5.41) is 0. The molecule has 18 heavy (non-hydrogen) atoms. The van der Waals surface area contributed by atoms with Gasteiger partial charge >= 0.3 is 0 Å². The Bertz CT molecular complexity index is 492. The fraction of sp³-hybridized carbons (Fsp3) is 0.538. The Balaban J connectivity index is 2.08. The monoisotopic (exact) mass is 268 g/mol. The Morgan fingerprint density at radius 2 is 1.94 bits per heavy atom. The van der Waals surface area contributed by atoms with Gasteiger partial charge in [0.1, 0.15) is 0 Å². The second kappa shape index (κ2) is 5.38. The summed E-state index contributed by atoms with van der Waals surface area (Å²) in [6, 6.07) is 6.96. The van der Waals surface area contributed by atoms with Gasteiger partial charge < -0.3 is 5.73 Å². The van der Waals surface area contributed by atoms with E-state index in [1.165, 1.54) is 0 Å². The van der Waals surface area contributed by atoms with Crippen molar-refractivity contribution < 1.29 is 8.42 Å². The van der Waals surface area contributed by atoms with Crippen LogP contribution in [0.3, 0.4) is 0 Å². The fourth-order valence-electron chi connectivity index (χ4n) is 2.01. The van der Waals surface area contributed by atoms with E-state index in [4.69, 9.17) is 5.73 Å². The third kappa shape index (κ3) is 3.31. The molecule has 1 atom stereocenters. The van der Waals surface area contributed by atoms with E-state index >= 15 is 0 Å². The average molecular weight is 268 g/mol. The van der Waals surface area contributed by atoms with Gasteiger partial charge in [-0.2, -0.15) is 0 Å². The first-order valence-electron chi connectivity index (χ1n) is 6.34. The van der Waals surface area contributed by atoms with E-state index in [9.17, 15) is 8.42 Å². The van der Waals surface area contributed by atoms with Crippen LogP contribution in [0.25, 0.3) is 0 Å². The van der Waals surface area contributed by atoms with Crippen molar-refractivity contribution in [1.29, 1.82) is 0 Å². The molecule has 1 aromatic rings. The first-order chi connectivity index (χ1) is 8.53. The van der Waals surface area contributed by atoms with Gasteiger partial charge in [0.2, 0.25) is 10.0 Å². The SMILES string of the molecule is CC(NS(=O)(=O)c1ccc(CCN)cc1)C1CC1. The summed E-state index contributed by atoms with van der Waals surface area (Å²) in [6.45, 7) is 2.50. The Morgan fingerprint density at radius 3 is 2.44 bits per heavy atom. The van der Waals surface area contributed by atoms with E-state index in [0.29, 0.717) is 17.4 Å². The molecule has 1 unspecified atom stereocenters. The molecule has 1 fully saturated rings. The lowest BCUT2D eigenvalue weighted by Crippen LogP contribution is -2.34. The Morgan fingerprint density at radius 1 is 1.33 bits per heavy atom. The Labute approximate surface area is 109 Å². The minimum absolute atomic E-state index is 0.0266. The number of hydrogen-bond acceptors (Lipinski definition) is 3. The highest BCUT2D eigenvalue weighted by Gasteiger charge is 2.31. The van der Waals surface area contributed by atoms with Gasteiger partial charge in [0.15, 0.2) is 0 Å². The number of nitrogens with two attached hydrogens (primary N) is 1. The van der Waals surface area contributed by atoms with Gasteiger partial charge in [-0.05, 0) is 56.3 Å². The molecule has 4 nitrogen and oxygen atoms in total. The summed E-state index contributed by atoms with van der Waals surface area (Å²) in [6.07, 6.45) is 3.02. The Kier molecular flexibility index (Phi) is 4.04. The summed E-state index contributed by atoms with van der Waals surface area (Å²) in [5.41, 5.74) is 6.52. The summed E-state index contributed by atoms with van der Waals surface area (Å²) in [7, 11) is -3.38. The lowest BCUT2D eigenvalue weighted by atomic mass is 10.2. The molecule has 2 rings (SSSR count). The topological polar surface area (TPSA) is 72.2 Å². The minimum atomic E-state index is -3.38. The van der Waals surface area contributed by atoms with E-state index < -0.39 is 10.0 Å². The quantitative estimate of drug-likeness (QED) is 0.816. The van der Waals surface area contributed by atoms with Crippen LogP contribution in [-0.2, 0) is 16.4 Å². The van der Waals surface area contributed by atoms with Crippen LogP contribution in [-0.4, -0.2) is 21.0 Å². The van der Waals surface area contributed by atoms with Crippen LogP contribution in [0.15, 0.2) is 29.2 Å². The van der Waals surface area contributed by atoms with Crippen molar-refractivity contribution in [3.05, 3.63) is 29.8 Å². The van der Waals surface area contributed by atoms with Crippen LogP contribution in [0.1, 0.15) is 25.3 Å². The van der Waals surface area contributed by atoms with Crippen molar-refractivity contribution in [2.75, 3.05) is 6.54 Å². The van der Waals surface area contributed by atoms with Crippen LogP contribution in [0.4, 0.5) is 0 Å². The van der Waals surface area contributed by atoms with Crippen molar-refractivity contribution in [3.8, 4) is 0 Å². The lowest BCUT2D eigenvalue weighted by Gasteiger charge is -2.13. The third-order valence-corrected chi connectivity index (χ3v) is 4.91. The molecule has 0 aliphatic heterocycles. The van der Waals surface area contributed by atoms with Crippen molar-refractivity contribution in [1.82, 2.24) is 4.72 Å². The molecule has 0 spiro atoms. The zero-order valence-electron chi connectivity index (χ0n) is 10.6. The standard InChI is InChI=1S/C13H20N2O2S/c1-10(12-4-5-12)15-18(16,17)13-6-2-11(3-7-13)8-9-14/h2-3,6-7,10,12,15H,4-5,8-9,14H2,1H3. The molecular weight excluding hydrogens is 248 g/mol. The maximum atomic E-state index is 12.1. The molecule has 0 bridgehead atoms. The maximum Gasteiger partial charge on any atom is 0.240 e. The third-order valence-electron chi connectivity index (χ3n) is 3.34. The molecule has 0 radical (unpaired) electrons. The molecule has 1 aliphatic carbocycles. The van der Waals surface area contributed by atoms with Crippen molar-refractivity contribution in [2.45, 2.75) is 37.1 Å². The normalized spacial score (nSPS) is 17.7. The van der Waals surface area contributed by atoms with Crippen molar-refractivity contribution in [2.24, 2.45) is 11.7 Å². The summed E-state index contributed by atoms with van der Waals surface area (Å²) in [4.78, 5) is 0.329. The van der Waals surface area contributed by atoms with E-state index in [0.717, 1.165) is 24.8 Å². The van der Waals surface area contributed by atoms with Gasteiger partial charge in [-0.1, -0.05) is 12.1 Å². The van der Waals surface area contributed by atoms with Crippen molar-refractivity contribution in [3.63, 3.8) is 0 Å². The first-order valence-corrected chi connectivity index (χ1v) is 7.82. The van der Waals surface area contributed by atoms with Crippen molar-refractivity contribution >= 4 is 10.0 Å². The van der Waals surface area contributed by atoms with Gasteiger partial charge in [-0.15, -0.1) is 0 Å². The second-order valence-corrected chi connectivity index (χ2v) is 6.64. The molecule has 100 valence electrons. The molecule has 1 saturated carbocycles. The van der Waals surface area contributed by atoms with E-state index in [1.807, 2.05) is 19.1 Å². The van der Waals surface area contributed by atoms with Gasteiger partial charge in [0.25, 0.3) is 0 Å². The van der Waals surface area contributed by atoms with Crippen LogP contribution < -0.4 is 10.5 Å². The zero-order chi connectivity index (χ0) is 13.2. The maximum absolute atomic E-state index is 12.1. The highest BCUT2D eigenvalue weighted by molar-refractivity contribution is 7.89. The molecular formula is C13H20N2O2S. The second-order valence-electron chi connectivity index (χ2n) is 4.93. The number of nitrogens with one attached hydrogen (secondary N) is 1. The average Bonchev–Trinajstić information content (AvgIpc) is 3.13. The number of rotatable bonds is 6. The van der Waals surface area contributed by atoms with Gasteiger partial charge in [0, 0.05) is 6.04 Å². The molecule has 1 aromatic carbocycles. The van der Waals surface area contributed by atoms with Crippen LogP contribution in [0, 0.1) is 5.92 Å². The molecule has 0 saturated heterocycles. The largest absolute Gasteiger partial charge is 0.330 e. The number of benzene rings is 1. The molecule has 5 heteroatoms. The summed E-state index contributed by atoms with van der Waals surface area (Å²) in [5.74, 6) is 0.510. The highest BCUT2D eigenvalue weighted by atomic mass is 32.2. The molecule has 0 amide bonds. The van der Waals surface area contributed by atoms with Gasteiger partial charge in [-0.3, -0.25) is 0 Å². The molecule has 0 aromatic heterocycles. The van der Waals surface area contributed by atoms with E-state index in [-0.39, 0.29) is 6.04 Å². The summed E-state index contributed by atoms with van der Waals surface area (Å²) < 4.78 is 26.9. The molecule has 3 N–H and O–H groups in total. The minimum Gasteiger partial charge on any atom is -0.330 e. The predicted molar refractivity (Wildman–Crippen MR) is 71.7 cm³/mol. The van der Waals surface area contributed by atoms with Crippen LogP contribution in [0.5, 0.6) is 0 Å². The lowest BCUT2D eigenvalue weighted by molar-refractivity contribution is 0.538. The van der Waals surface area contributed by atoms with Gasteiger partial charge in [0.05, 0.1) is 4.90 Å². The zero-order valence-corrected chi connectivity index (χ0v) is 11.4. The Hall–Kier alpha value is -0.910. The first kappa shape index (κ1) is 13.5. The number of hydrogen-bond donors (Lipinski definition) is 2.